The van der Waals surface area contributed by atoms with E-state index >= 15 is 0 Å². The maximum Gasteiger partial charge on any atom is 0.335 e. The molecule has 1 heterocycles. The van der Waals surface area contributed by atoms with Crippen LogP contribution >= 0.6 is 0 Å². The average Bonchev–Trinajstić information content (AvgIpc) is 2.81. The molecule has 2 aromatic rings. The van der Waals surface area contributed by atoms with Gasteiger partial charge in [-0.3, -0.25) is 4.79 Å². The van der Waals surface area contributed by atoms with Crippen LogP contribution < -0.4 is 10.6 Å². The number of benzene rings is 2. The van der Waals surface area contributed by atoms with Gasteiger partial charge in [-0.15, -0.1) is 0 Å². The summed E-state index contributed by atoms with van der Waals surface area (Å²) in [5.41, 5.74) is 5.41. The zero-order valence-corrected chi connectivity index (χ0v) is 17.8. The molecule has 0 radical (unpaired) electrons. The topological polar surface area (TPSA) is 78.4 Å². The summed E-state index contributed by atoms with van der Waals surface area (Å²) in [6.07, 6.45) is 7.62. The van der Waals surface area contributed by atoms with Crippen LogP contribution in [0, 0.1) is 0 Å². The third-order valence-electron chi connectivity index (χ3n) is 6.34. The molecule has 0 aromatic heterocycles. The van der Waals surface area contributed by atoms with Crippen LogP contribution in [0.4, 0.5) is 0 Å². The number of carboxylic acids is 1. The van der Waals surface area contributed by atoms with E-state index in [1.54, 1.807) is 12.1 Å². The summed E-state index contributed by atoms with van der Waals surface area (Å²) < 4.78 is 0. The Morgan fingerprint density at radius 2 is 1.48 bits per heavy atom. The minimum Gasteiger partial charge on any atom is -0.478 e. The first-order chi connectivity index (χ1) is 15.1. The Kier molecular flexibility index (Phi) is 6.82. The number of amides is 1. The zero-order valence-electron chi connectivity index (χ0n) is 17.8. The first-order valence-corrected chi connectivity index (χ1v) is 11.3. The largest absolute Gasteiger partial charge is 0.478 e. The quantitative estimate of drug-likeness (QED) is 0.661. The summed E-state index contributed by atoms with van der Waals surface area (Å²) in [6, 6.07) is 15.2. The van der Waals surface area contributed by atoms with Crippen molar-refractivity contribution in [1.29, 1.82) is 0 Å². The predicted octanol–water partition coefficient (Wildman–Crippen LogP) is 4.63. The van der Waals surface area contributed by atoms with Crippen LogP contribution in [0.2, 0.25) is 0 Å². The number of carbonyl (C=O) groups excluding carboxylic acids is 1. The van der Waals surface area contributed by atoms with Crippen molar-refractivity contribution in [1.82, 2.24) is 10.6 Å². The Morgan fingerprint density at radius 1 is 0.839 bits per heavy atom. The summed E-state index contributed by atoms with van der Waals surface area (Å²) in [6.45, 7) is 1.85. The van der Waals surface area contributed by atoms with Gasteiger partial charge >= 0.3 is 5.97 Å². The second-order valence-electron chi connectivity index (χ2n) is 8.50. The van der Waals surface area contributed by atoms with Gasteiger partial charge in [-0.1, -0.05) is 49.1 Å². The van der Waals surface area contributed by atoms with E-state index < -0.39 is 5.97 Å². The fourth-order valence-corrected chi connectivity index (χ4v) is 4.66. The molecule has 1 saturated carbocycles. The van der Waals surface area contributed by atoms with E-state index in [-0.39, 0.29) is 17.5 Å². The molecular weight excluding hydrogens is 388 g/mol. The van der Waals surface area contributed by atoms with Crippen LogP contribution in [0.3, 0.4) is 0 Å². The Labute approximate surface area is 183 Å². The Balaban J connectivity index is 1.66. The number of piperidine rings is 1. The van der Waals surface area contributed by atoms with Gasteiger partial charge in [0.05, 0.1) is 5.56 Å². The van der Waals surface area contributed by atoms with Gasteiger partial charge in [0.2, 0.25) is 0 Å². The van der Waals surface area contributed by atoms with Crippen LogP contribution in [-0.2, 0) is 0 Å². The van der Waals surface area contributed by atoms with Crippen molar-refractivity contribution in [2.24, 2.45) is 0 Å². The molecule has 1 aliphatic heterocycles. The lowest BCUT2D eigenvalue weighted by Crippen LogP contribution is -2.36. The molecule has 0 atom stereocenters. The molecule has 1 saturated heterocycles. The number of carbonyl (C=O) groups is 2. The fourth-order valence-electron chi connectivity index (χ4n) is 4.66. The molecular formula is C26H30N2O3. The Hall–Kier alpha value is -2.92. The lowest BCUT2D eigenvalue weighted by molar-refractivity contribution is 0.0696. The van der Waals surface area contributed by atoms with Crippen molar-refractivity contribution < 1.29 is 14.7 Å². The highest BCUT2D eigenvalue weighted by atomic mass is 16.4. The first kappa shape index (κ1) is 21.3. The van der Waals surface area contributed by atoms with Crippen molar-refractivity contribution >= 4 is 17.4 Å². The SMILES string of the molecule is O=C(O)c1ccc(C(=C2CCNCC2)c2cccc(C(=O)NC3CCCCC3)c2)cc1. The van der Waals surface area contributed by atoms with Crippen molar-refractivity contribution in [3.8, 4) is 0 Å². The molecule has 1 aliphatic carbocycles. The number of nitrogens with one attached hydrogen (secondary N) is 2. The first-order valence-electron chi connectivity index (χ1n) is 11.3. The van der Waals surface area contributed by atoms with Crippen molar-refractivity contribution in [3.63, 3.8) is 0 Å². The molecule has 1 amide bonds. The summed E-state index contributed by atoms with van der Waals surface area (Å²) in [5, 5.41) is 15.9. The van der Waals surface area contributed by atoms with E-state index in [1.807, 2.05) is 36.4 Å². The normalized spacial score (nSPS) is 17.2. The molecule has 162 valence electrons. The van der Waals surface area contributed by atoms with Crippen molar-refractivity contribution in [2.45, 2.75) is 51.0 Å². The van der Waals surface area contributed by atoms with Crippen LogP contribution in [0.15, 0.2) is 54.1 Å². The van der Waals surface area contributed by atoms with Gasteiger partial charge in [-0.25, -0.2) is 4.79 Å². The molecule has 0 spiro atoms. The second kappa shape index (κ2) is 9.92. The Morgan fingerprint density at radius 3 is 2.16 bits per heavy atom. The minimum atomic E-state index is -0.927. The Bertz CT molecular complexity index is 964. The van der Waals surface area contributed by atoms with Gasteiger partial charge in [0.15, 0.2) is 0 Å². The van der Waals surface area contributed by atoms with Gasteiger partial charge < -0.3 is 15.7 Å². The van der Waals surface area contributed by atoms with E-state index in [9.17, 15) is 14.7 Å². The van der Waals surface area contributed by atoms with Gasteiger partial charge in [0.25, 0.3) is 5.91 Å². The van der Waals surface area contributed by atoms with E-state index in [0.29, 0.717) is 5.56 Å². The number of rotatable bonds is 5. The smallest absolute Gasteiger partial charge is 0.335 e. The second-order valence-corrected chi connectivity index (χ2v) is 8.50. The minimum absolute atomic E-state index is 0.00960. The molecule has 2 fully saturated rings. The highest BCUT2D eigenvalue weighted by Crippen LogP contribution is 2.32. The van der Waals surface area contributed by atoms with Gasteiger partial charge in [-0.05, 0) is 79.7 Å². The highest BCUT2D eigenvalue weighted by molar-refractivity contribution is 5.96. The van der Waals surface area contributed by atoms with Crippen LogP contribution in [0.5, 0.6) is 0 Å². The van der Waals surface area contributed by atoms with Crippen LogP contribution in [-0.4, -0.2) is 36.1 Å². The lowest BCUT2D eigenvalue weighted by atomic mass is 9.87. The van der Waals surface area contributed by atoms with E-state index in [2.05, 4.69) is 10.6 Å². The van der Waals surface area contributed by atoms with Gasteiger partial charge in [0.1, 0.15) is 0 Å². The third-order valence-corrected chi connectivity index (χ3v) is 6.34. The maximum absolute atomic E-state index is 12.9. The molecule has 5 heteroatoms. The van der Waals surface area contributed by atoms with Gasteiger partial charge in [-0.2, -0.15) is 0 Å². The molecule has 0 unspecified atom stereocenters. The highest BCUT2D eigenvalue weighted by Gasteiger charge is 2.19. The number of hydrogen-bond donors (Lipinski definition) is 3. The van der Waals surface area contributed by atoms with Crippen molar-refractivity contribution in [3.05, 3.63) is 76.4 Å². The van der Waals surface area contributed by atoms with Crippen LogP contribution in [0.1, 0.15) is 76.8 Å². The molecule has 5 nitrogen and oxygen atoms in total. The van der Waals surface area contributed by atoms with Gasteiger partial charge in [0, 0.05) is 11.6 Å². The van der Waals surface area contributed by atoms with Crippen molar-refractivity contribution in [2.75, 3.05) is 13.1 Å². The zero-order chi connectivity index (χ0) is 21.6. The number of carboxylic acid groups (broad SMARTS) is 1. The van der Waals surface area contributed by atoms with E-state index in [0.717, 1.165) is 55.5 Å². The standard InChI is InChI=1S/C26H30N2O3/c29-25(28-23-7-2-1-3-8-23)22-6-4-5-21(17-22)24(19-13-15-27-16-14-19)18-9-11-20(12-10-18)26(30)31/h4-6,9-12,17,23,27H,1-3,7-8,13-16H2,(H,28,29)(H,30,31). The summed E-state index contributed by atoms with van der Waals surface area (Å²) in [4.78, 5) is 24.2. The van der Waals surface area contributed by atoms with E-state index in [4.69, 9.17) is 0 Å². The summed E-state index contributed by atoms with van der Waals surface area (Å²) in [7, 11) is 0. The lowest BCUT2D eigenvalue weighted by Gasteiger charge is -2.23. The van der Waals surface area contributed by atoms with Crippen LogP contribution in [0.25, 0.3) is 5.57 Å². The monoisotopic (exact) mass is 418 g/mol. The fraction of sp³-hybridized carbons (Fsp3) is 0.385. The molecule has 0 bridgehead atoms. The van der Waals surface area contributed by atoms with E-state index in [1.165, 1.54) is 24.8 Å². The average molecular weight is 419 g/mol. The summed E-state index contributed by atoms with van der Waals surface area (Å²) in [5.74, 6) is -0.936. The maximum atomic E-state index is 12.9. The third kappa shape index (κ3) is 5.23. The predicted molar refractivity (Wildman–Crippen MR) is 122 cm³/mol. The molecule has 2 aromatic carbocycles. The number of hydrogen-bond acceptors (Lipinski definition) is 3. The molecule has 31 heavy (non-hydrogen) atoms. The number of aromatic carboxylic acids is 1. The molecule has 4 rings (SSSR count). The molecule has 3 N–H and O–H groups in total. The molecule has 2 aliphatic rings. The summed E-state index contributed by atoms with van der Waals surface area (Å²) >= 11 is 0.